The number of hydrogen-bond acceptors (Lipinski definition) is 4. The molecule has 36 heavy (non-hydrogen) atoms. The van der Waals surface area contributed by atoms with E-state index in [1.54, 1.807) is 60.7 Å². The molecule has 0 radical (unpaired) electrons. The fourth-order valence-electron chi connectivity index (χ4n) is 3.96. The average Bonchev–Trinajstić information content (AvgIpc) is 3.16. The second kappa shape index (κ2) is 10.8. The van der Waals surface area contributed by atoms with E-state index in [1.165, 1.54) is 17.0 Å². The first-order valence-electron chi connectivity index (χ1n) is 11.4. The molecule has 0 saturated carbocycles. The van der Waals surface area contributed by atoms with Crippen LogP contribution in [0.5, 0.6) is 0 Å². The maximum absolute atomic E-state index is 13.3. The molecule has 3 aromatic carbocycles. The molecule has 7 nitrogen and oxygen atoms in total. The second-order valence-corrected chi connectivity index (χ2v) is 9.19. The van der Waals surface area contributed by atoms with E-state index in [9.17, 15) is 18.8 Å². The van der Waals surface area contributed by atoms with E-state index >= 15 is 0 Å². The summed E-state index contributed by atoms with van der Waals surface area (Å²) in [6.45, 7) is 3.73. The summed E-state index contributed by atoms with van der Waals surface area (Å²) in [7, 11) is 0. The molecule has 0 unspecified atom stereocenters. The topological polar surface area (TPSA) is 87.7 Å². The number of ether oxygens (including phenoxy) is 1. The van der Waals surface area contributed by atoms with E-state index in [0.29, 0.717) is 27.4 Å². The van der Waals surface area contributed by atoms with Crippen LogP contribution in [-0.2, 0) is 16.1 Å². The van der Waals surface area contributed by atoms with Gasteiger partial charge < -0.3 is 15.4 Å². The minimum atomic E-state index is -0.933. The van der Waals surface area contributed by atoms with Crippen molar-refractivity contribution in [1.29, 1.82) is 0 Å². The zero-order valence-corrected chi connectivity index (χ0v) is 20.5. The monoisotopic (exact) mass is 509 g/mol. The fourth-order valence-corrected chi connectivity index (χ4v) is 4.15. The third-order valence-corrected chi connectivity index (χ3v) is 5.87. The van der Waals surface area contributed by atoms with Gasteiger partial charge in [-0.3, -0.25) is 14.5 Å². The molecule has 1 fully saturated rings. The smallest absolute Gasteiger partial charge is 0.411 e. The van der Waals surface area contributed by atoms with Crippen molar-refractivity contribution in [2.45, 2.75) is 38.6 Å². The standard InChI is InChI=1S/C27H25ClFN3O4/c1-16(2)30-26(34)23-24(36-27(35)32(23)15-17-6-10-21(29)11-7-17)18-8-12-22(13-9-18)31-25(33)19-4-3-5-20(28)14-19/h3-14,16,23-24H,15H2,1-2H3,(H,30,34)(H,31,33)/t23-,24+/m0/s1. The Bertz CT molecular complexity index is 1260. The number of cyclic esters (lactones) is 1. The summed E-state index contributed by atoms with van der Waals surface area (Å²) in [6, 6.07) is 18.0. The predicted molar refractivity (Wildman–Crippen MR) is 134 cm³/mol. The molecule has 1 heterocycles. The van der Waals surface area contributed by atoms with Gasteiger partial charge in [-0.25, -0.2) is 9.18 Å². The quantitative estimate of drug-likeness (QED) is 0.451. The summed E-state index contributed by atoms with van der Waals surface area (Å²) in [4.78, 5) is 39.8. The Morgan fingerprint density at radius 1 is 1.06 bits per heavy atom. The average molecular weight is 510 g/mol. The van der Waals surface area contributed by atoms with Gasteiger partial charge in [0, 0.05) is 22.3 Å². The molecule has 3 amide bonds. The van der Waals surface area contributed by atoms with Crippen LogP contribution < -0.4 is 10.6 Å². The number of nitrogens with zero attached hydrogens (tertiary/aromatic N) is 1. The minimum absolute atomic E-state index is 0.0829. The van der Waals surface area contributed by atoms with Crippen LogP contribution in [0.25, 0.3) is 0 Å². The molecule has 9 heteroatoms. The number of carbonyl (C=O) groups is 3. The maximum Gasteiger partial charge on any atom is 0.411 e. The van der Waals surface area contributed by atoms with E-state index in [-0.39, 0.29) is 24.4 Å². The SMILES string of the molecule is CC(C)NC(=O)[C@@H]1[C@@H](c2ccc(NC(=O)c3cccc(Cl)c3)cc2)OC(=O)N1Cc1ccc(F)cc1. The zero-order chi connectivity index (χ0) is 25.8. The molecule has 2 atom stereocenters. The molecular weight excluding hydrogens is 485 g/mol. The van der Waals surface area contributed by atoms with Crippen molar-refractivity contribution in [1.82, 2.24) is 10.2 Å². The molecule has 4 rings (SSSR count). The number of hydrogen-bond donors (Lipinski definition) is 2. The van der Waals surface area contributed by atoms with Gasteiger partial charge in [0.2, 0.25) is 5.91 Å². The first-order chi connectivity index (χ1) is 17.2. The molecule has 1 saturated heterocycles. The van der Waals surface area contributed by atoms with E-state index in [1.807, 2.05) is 13.8 Å². The number of amides is 3. The van der Waals surface area contributed by atoms with E-state index in [0.717, 1.165) is 0 Å². The Hall–Kier alpha value is -3.91. The second-order valence-electron chi connectivity index (χ2n) is 8.75. The van der Waals surface area contributed by atoms with Crippen LogP contribution in [0.1, 0.15) is 41.4 Å². The summed E-state index contributed by atoms with van der Waals surface area (Å²) in [6.07, 6.45) is -1.51. The fraction of sp³-hybridized carbons (Fsp3) is 0.222. The highest BCUT2D eigenvalue weighted by molar-refractivity contribution is 6.31. The summed E-state index contributed by atoms with van der Waals surface area (Å²) in [5.41, 5.74) is 2.20. The molecule has 0 aromatic heterocycles. The highest BCUT2D eigenvalue weighted by atomic mass is 35.5. The Labute approximate surface area is 213 Å². The maximum atomic E-state index is 13.3. The summed E-state index contributed by atoms with van der Waals surface area (Å²) in [5.74, 6) is -1.07. The van der Waals surface area contributed by atoms with Crippen molar-refractivity contribution < 1.29 is 23.5 Å². The Balaban J connectivity index is 1.55. The Kier molecular flexibility index (Phi) is 7.55. The van der Waals surface area contributed by atoms with Crippen LogP contribution in [0.4, 0.5) is 14.9 Å². The number of benzene rings is 3. The van der Waals surface area contributed by atoms with Crippen LogP contribution in [-0.4, -0.2) is 34.9 Å². The lowest BCUT2D eigenvalue weighted by molar-refractivity contribution is -0.126. The molecule has 3 aromatic rings. The van der Waals surface area contributed by atoms with Crippen molar-refractivity contribution >= 4 is 35.2 Å². The van der Waals surface area contributed by atoms with Crippen molar-refractivity contribution in [3.05, 3.63) is 100 Å². The third-order valence-electron chi connectivity index (χ3n) is 5.63. The molecular formula is C27H25ClFN3O4. The van der Waals surface area contributed by atoms with Gasteiger partial charge in [-0.15, -0.1) is 0 Å². The predicted octanol–water partition coefficient (Wildman–Crippen LogP) is 5.32. The van der Waals surface area contributed by atoms with Crippen LogP contribution >= 0.6 is 11.6 Å². The van der Waals surface area contributed by atoms with Crippen LogP contribution in [0, 0.1) is 5.82 Å². The molecule has 2 N–H and O–H groups in total. The number of carbonyl (C=O) groups excluding carboxylic acids is 3. The van der Waals surface area contributed by atoms with Crippen molar-refractivity contribution in [3.8, 4) is 0 Å². The number of anilines is 1. The van der Waals surface area contributed by atoms with E-state index in [4.69, 9.17) is 16.3 Å². The first-order valence-corrected chi connectivity index (χ1v) is 11.8. The Morgan fingerprint density at radius 2 is 1.75 bits per heavy atom. The summed E-state index contributed by atoms with van der Waals surface area (Å²) >= 11 is 5.96. The number of nitrogens with one attached hydrogen (secondary N) is 2. The molecule has 0 aliphatic carbocycles. The summed E-state index contributed by atoms with van der Waals surface area (Å²) in [5, 5.41) is 6.10. The number of rotatable bonds is 7. The number of halogens is 2. The van der Waals surface area contributed by atoms with Crippen LogP contribution in [0.2, 0.25) is 5.02 Å². The van der Waals surface area contributed by atoms with E-state index < -0.39 is 24.1 Å². The molecule has 1 aliphatic rings. The lowest BCUT2D eigenvalue weighted by Gasteiger charge is -2.25. The minimum Gasteiger partial charge on any atom is -0.438 e. The van der Waals surface area contributed by atoms with Gasteiger partial charge in [0.15, 0.2) is 12.1 Å². The van der Waals surface area contributed by atoms with Gasteiger partial charge in [-0.05, 0) is 67.4 Å². The van der Waals surface area contributed by atoms with Crippen molar-refractivity contribution in [2.24, 2.45) is 0 Å². The van der Waals surface area contributed by atoms with Gasteiger partial charge in [0.1, 0.15) is 5.82 Å². The van der Waals surface area contributed by atoms with Crippen molar-refractivity contribution in [3.63, 3.8) is 0 Å². The molecule has 1 aliphatic heterocycles. The lowest BCUT2D eigenvalue weighted by atomic mass is 10.00. The van der Waals surface area contributed by atoms with Crippen LogP contribution in [0.15, 0.2) is 72.8 Å². The molecule has 0 spiro atoms. The zero-order valence-electron chi connectivity index (χ0n) is 19.7. The lowest BCUT2D eigenvalue weighted by Crippen LogP contribution is -2.48. The largest absolute Gasteiger partial charge is 0.438 e. The van der Waals surface area contributed by atoms with Gasteiger partial charge >= 0.3 is 6.09 Å². The van der Waals surface area contributed by atoms with Crippen molar-refractivity contribution in [2.75, 3.05) is 5.32 Å². The van der Waals surface area contributed by atoms with Gasteiger partial charge in [0.05, 0.1) is 6.54 Å². The van der Waals surface area contributed by atoms with Gasteiger partial charge in [-0.2, -0.15) is 0 Å². The van der Waals surface area contributed by atoms with E-state index in [2.05, 4.69) is 10.6 Å². The highest BCUT2D eigenvalue weighted by Gasteiger charge is 2.47. The highest BCUT2D eigenvalue weighted by Crippen LogP contribution is 2.34. The molecule has 0 bridgehead atoms. The first kappa shape index (κ1) is 25.2. The van der Waals surface area contributed by atoms with Gasteiger partial charge in [-0.1, -0.05) is 41.9 Å². The summed E-state index contributed by atoms with van der Waals surface area (Å²) < 4.78 is 19.0. The van der Waals surface area contributed by atoms with Crippen LogP contribution in [0.3, 0.4) is 0 Å². The third kappa shape index (κ3) is 5.83. The molecule has 186 valence electrons. The van der Waals surface area contributed by atoms with Gasteiger partial charge in [0.25, 0.3) is 5.91 Å². The normalized spacial score (nSPS) is 17.1. The Morgan fingerprint density at radius 3 is 2.39 bits per heavy atom.